The van der Waals surface area contributed by atoms with Crippen LogP contribution in [0.25, 0.3) is 0 Å². The van der Waals surface area contributed by atoms with Gasteiger partial charge in [0.25, 0.3) is 0 Å². The molecular formula is C13H14NO4-. The van der Waals surface area contributed by atoms with E-state index in [1.807, 2.05) is 6.07 Å². The first-order valence-electron chi connectivity index (χ1n) is 5.64. The van der Waals surface area contributed by atoms with E-state index in [4.69, 9.17) is 0 Å². The van der Waals surface area contributed by atoms with Crippen molar-refractivity contribution in [2.75, 3.05) is 6.54 Å². The Bertz CT molecular complexity index is 428. The molecule has 1 rings (SSSR count). The summed E-state index contributed by atoms with van der Waals surface area (Å²) in [5.41, 5.74) is 0.569. The molecule has 0 spiro atoms. The number of carboxylic acid groups (broad SMARTS) is 1. The van der Waals surface area contributed by atoms with Gasteiger partial charge >= 0.3 is 0 Å². The summed E-state index contributed by atoms with van der Waals surface area (Å²) in [6, 6.07) is 8.70. The van der Waals surface area contributed by atoms with Gasteiger partial charge in [-0.05, 0) is 0 Å². The maximum Gasteiger partial charge on any atom is 0.220 e. The molecule has 0 unspecified atom stereocenters. The SMILES string of the molecule is O=C([O-])CCNC(=O)CCC(=O)c1ccccc1. The minimum Gasteiger partial charge on any atom is -0.550 e. The van der Waals surface area contributed by atoms with Crippen molar-refractivity contribution in [1.82, 2.24) is 5.32 Å². The van der Waals surface area contributed by atoms with Crippen LogP contribution >= 0.6 is 0 Å². The molecule has 1 amide bonds. The van der Waals surface area contributed by atoms with Crippen LogP contribution in [0.2, 0.25) is 0 Å². The third-order valence-electron chi connectivity index (χ3n) is 2.33. The topological polar surface area (TPSA) is 86.3 Å². The van der Waals surface area contributed by atoms with Gasteiger partial charge in [0.05, 0.1) is 0 Å². The number of ketones is 1. The summed E-state index contributed by atoms with van der Waals surface area (Å²) in [6.45, 7) is 0.0285. The number of hydrogen-bond donors (Lipinski definition) is 1. The smallest absolute Gasteiger partial charge is 0.220 e. The summed E-state index contributed by atoms with van der Waals surface area (Å²) >= 11 is 0. The lowest BCUT2D eigenvalue weighted by Crippen LogP contribution is -2.31. The van der Waals surface area contributed by atoms with Crippen LogP contribution in [0.4, 0.5) is 0 Å². The maximum atomic E-state index is 11.6. The van der Waals surface area contributed by atoms with E-state index in [1.54, 1.807) is 24.3 Å². The van der Waals surface area contributed by atoms with Gasteiger partial charge in [-0.3, -0.25) is 9.59 Å². The number of carboxylic acids is 1. The number of aliphatic carboxylic acids is 1. The molecule has 1 aromatic rings. The lowest BCUT2D eigenvalue weighted by molar-refractivity contribution is -0.305. The Morgan fingerprint density at radius 2 is 1.67 bits per heavy atom. The van der Waals surface area contributed by atoms with Crippen molar-refractivity contribution in [3.8, 4) is 0 Å². The van der Waals surface area contributed by atoms with E-state index in [9.17, 15) is 19.5 Å². The van der Waals surface area contributed by atoms with Crippen molar-refractivity contribution in [3.63, 3.8) is 0 Å². The number of benzene rings is 1. The highest BCUT2D eigenvalue weighted by Crippen LogP contribution is 2.04. The quantitative estimate of drug-likeness (QED) is 0.683. The monoisotopic (exact) mass is 248 g/mol. The fraction of sp³-hybridized carbons (Fsp3) is 0.308. The average Bonchev–Trinajstić information content (AvgIpc) is 2.36. The van der Waals surface area contributed by atoms with Gasteiger partial charge in [-0.2, -0.15) is 0 Å². The predicted molar refractivity (Wildman–Crippen MR) is 62.6 cm³/mol. The highest BCUT2D eigenvalue weighted by Gasteiger charge is 2.08. The molecule has 5 heteroatoms. The van der Waals surface area contributed by atoms with Crippen molar-refractivity contribution < 1.29 is 19.5 Å². The van der Waals surface area contributed by atoms with Gasteiger partial charge in [-0.25, -0.2) is 0 Å². The number of Topliss-reactive ketones (excluding diaryl/α,β-unsaturated/α-hetero) is 1. The predicted octanol–water partition coefficient (Wildman–Crippen LogP) is -0.0943. The Labute approximate surface area is 105 Å². The number of carbonyl (C=O) groups excluding carboxylic acids is 3. The summed E-state index contributed by atoms with van der Waals surface area (Å²) in [6.07, 6.45) is -0.0552. The zero-order valence-electron chi connectivity index (χ0n) is 9.85. The minimum atomic E-state index is -1.21. The van der Waals surface area contributed by atoms with Crippen molar-refractivity contribution in [3.05, 3.63) is 35.9 Å². The Balaban J connectivity index is 2.26. The molecule has 1 aromatic carbocycles. The molecule has 0 aliphatic carbocycles. The van der Waals surface area contributed by atoms with E-state index < -0.39 is 5.97 Å². The summed E-state index contributed by atoms with van der Waals surface area (Å²) in [5.74, 6) is -1.65. The first kappa shape index (κ1) is 13.9. The molecule has 0 saturated heterocycles. The first-order valence-corrected chi connectivity index (χ1v) is 5.64. The summed E-state index contributed by atoms with van der Waals surface area (Å²) < 4.78 is 0. The fourth-order valence-electron chi connectivity index (χ4n) is 1.39. The Morgan fingerprint density at radius 1 is 1.00 bits per heavy atom. The second kappa shape index (κ2) is 7.21. The van der Waals surface area contributed by atoms with Crippen molar-refractivity contribution in [2.24, 2.45) is 0 Å². The van der Waals surface area contributed by atoms with E-state index in [0.29, 0.717) is 5.56 Å². The minimum absolute atomic E-state index is 0.0285. The van der Waals surface area contributed by atoms with Gasteiger partial charge in [-0.15, -0.1) is 0 Å². The van der Waals surface area contributed by atoms with Crippen LogP contribution in [-0.4, -0.2) is 24.2 Å². The summed E-state index contributed by atoms with van der Waals surface area (Å²) in [4.78, 5) is 33.0. The second-order valence-corrected chi connectivity index (χ2v) is 3.76. The van der Waals surface area contributed by atoms with Crippen LogP contribution in [-0.2, 0) is 9.59 Å². The molecule has 5 nitrogen and oxygen atoms in total. The van der Waals surface area contributed by atoms with Gasteiger partial charge in [0.15, 0.2) is 5.78 Å². The summed E-state index contributed by atoms with van der Waals surface area (Å²) in [7, 11) is 0. The van der Waals surface area contributed by atoms with Gasteiger partial charge < -0.3 is 15.2 Å². The van der Waals surface area contributed by atoms with Crippen molar-refractivity contribution >= 4 is 17.7 Å². The molecule has 0 bridgehead atoms. The highest BCUT2D eigenvalue weighted by atomic mass is 16.4. The number of carbonyl (C=O) groups is 3. The third-order valence-corrected chi connectivity index (χ3v) is 2.33. The van der Waals surface area contributed by atoms with Crippen LogP contribution in [0.15, 0.2) is 30.3 Å². The van der Waals surface area contributed by atoms with Crippen molar-refractivity contribution in [2.45, 2.75) is 19.3 Å². The lowest BCUT2D eigenvalue weighted by Gasteiger charge is -2.05. The van der Waals surface area contributed by atoms with Crippen LogP contribution in [0.3, 0.4) is 0 Å². The van der Waals surface area contributed by atoms with Crippen molar-refractivity contribution in [1.29, 1.82) is 0 Å². The Kier molecular flexibility index (Phi) is 5.57. The van der Waals surface area contributed by atoms with E-state index >= 15 is 0 Å². The molecule has 0 atom stereocenters. The highest BCUT2D eigenvalue weighted by molar-refractivity contribution is 5.97. The lowest BCUT2D eigenvalue weighted by atomic mass is 10.1. The van der Waals surface area contributed by atoms with Gasteiger partial charge in [-0.1, -0.05) is 30.3 Å². The molecule has 96 valence electrons. The van der Waals surface area contributed by atoms with E-state index in [-0.39, 0.29) is 37.5 Å². The third kappa shape index (κ3) is 5.25. The van der Waals surface area contributed by atoms with E-state index in [2.05, 4.69) is 5.32 Å². The number of amides is 1. The van der Waals surface area contributed by atoms with Crippen LogP contribution in [0.5, 0.6) is 0 Å². The standard InChI is InChI=1S/C13H15NO4/c15-11(10-4-2-1-3-5-10)6-7-12(16)14-9-8-13(17)18/h1-5H,6-9H2,(H,14,16)(H,17,18)/p-1. The van der Waals surface area contributed by atoms with Gasteiger partial charge in [0.1, 0.15) is 0 Å². The Hall–Kier alpha value is -2.17. The Morgan fingerprint density at radius 3 is 2.28 bits per heavy atom. The zero-order valence-corrected chi connectivity index (χ0v) is 9.85. The second-order valence-electron chi connectivity index (χ2n) is 3.76. The molecule has 0 aromatic heterocycles. The van der Waals surface area contributed by atoms with Gasteiger partial charge in [0.2, 0.25) is 5.91 Å². The molecule has 0 heterocycles. The molecule has 0 saturated carbocycles. The molecule has 1 N–H and O–H groups in total. The largest absolute Gasteiger partial charge is 0.550 e. The van der Waals surface area contributed by atoms with Gasteiger partial charge in [0, 0.05) is 37.3 Å². The van der Waals surface area contributed by atoms with Crippen LogP contribution in [0.1, 0.15) is 29.6 Å². The molecule has 0 aliphatic heterocycles. The summed E-state index contributed by atoms with van der Waals surface area (Å²) in [5, 5.41) is 12.5. The maximum absolute atomic E-state index is 11.6. The molecule has 18 heavy (non-hydrogen) atoms. The zero-order chi connectivity index (χ0) is 13.4. The van der Waals surface area contributed by atoms with Crippen LogP contribution in [0, 0.1) is 0 Å². The number of nitrogens with one attached hydrogen (secondary N) is 1. The first-order chi connectivity index (χ1) is 8.59. The molecule has 0 fully saturated rings. The number of hydrogen-bond acceptors (Lipinski definition) is 4. The molecular weight excluding hydrogens is 234 g/mol. The molecule has 0 aliphatic rings. The average molecular weight is 248 g/mol. The number of rotatable bonds is 7. The van der Waals surface area contributed by atoms with E-state index in [0.717, 1.165) is 0 Å². The van der Waals surface area contributed by atoms with E-state index in [1.165, 1.54) is 0 Å². The normalized spacial score (nSPS) is 9.78. The fourth-order valence-corrected chi connectivity index (χ4v) is 1.39. The van der Waals surface area contributed by atoms with Crippen LogP contribution < -0.4 is 10.4 Å². The molecule has 0 radical (unpaired) electrons.